The van der Waals surface area contributed by atoms with Gasteiger partial charge < -0.3 is 0 Å². The molecule has 0 bridgehead atoms. The molecule has 0 atom stereocenters. The second kappa shape index (κ2) is 16.0. The van der Waals surface area contributed by atoms with E-state index in [1.807, 2.05) is 0 Å². The van der Waals surface area contributed by atoms with Crippen molar-refractivity contribution in [1.29, 1.82) is 0 Å². The van der Waals surface area contributed by atoms with Crippen molar-refractivity contribution >= 4 is 5.78 Å². The summed E-state index contributed by atoms with van der Waals surface area (Å²) in [6.07, 6.45) is 19.2. The monoisotopic (exact) mass is 296 g/mol. The highest BCUT2D eigenvalue weighted by Crippen LogP contribution is 2.15. The van der Waals surface area contributed by atoms with Gasteiger partial charge in [-0.25, -0.2) is 0 Å². The SMILES string of the molecule is CCCCCCCCCCCCCCC(=O)C(CC)CC. The van der Waals surface area contributed by atoms with E-state index in [9.17, 15) is 4.79 Å². The van der Waals surface area contributed by atoms with Gasteiger partial charge in [0.2, 0.25) is 0 Å². The first-order chi connectivity index (χ1) is 10.3. The van der Waals surface area contributed by atoms with Crippen LogP contribution in [0, 0.1) is 5.92 Å². The third-order valence-corrected chi connectivity index (χ3v) is 4.72. The summed E-state index contributed by atoms with van der Waals surface area (Å²) in [6.45, 7) is 6.54. The minimum absolute atomic E-state index is 0.331. The zero-order chi connectivity index (χ0) is 15.8. The predicted molar refractivity (Wildman–Crippen MR) is 94.8 cm³/mol. The summed E-state index contributed by atoms with van der Waals surface area (Å²) in [4.78, 5) is 11.9. The van der Waals surface area contributed by atoms with E-state index >= 15 is 0 Å². The smallest absolute Gasteiger partial charge is 0.135 e. The second-order valence-corrected chi connectivity index (χ2v) is 6.62. The van der Waals surface area contributed by atoms with Crippen molar-refractivity contribution in [2.45, 2.75) is 117 Å². The molecule has 0 aliphatic rings. The molecule has 1 nitrogen and oxygen atoms in total. The van der Waals surface area contributed by atoms with Gasteiger partial charge in [-0.15, -0.1) is 0 Å². The normalized spacial score (nSPS) is 11.2. The molecule has 0 radical (unpaired) electrons. The van der Waals surface area contributed by atoms with Crippen molar-refractivity contribution in [3.05, 3.63) is 0 Å². The number of ketones is 1. The molecular weight excluding hydrogens is 256 g/mol. The summed E-state index contributed by atoms with van der Waals surface area (Å²) >= 11 is 0. The predicted octanol–water partition coefficient (Wildman–Crippen LogP) is 7.08. The number of hydrogen-bond acceptors (Lipinski definition) is 1. The fraction of sp³-hybridized carbons (Fsp3) is 0.950. The lowest BCUT2D eigenvalue weighted by Gasteiger charge is -2.10. The van der Waals surface area contributed by atoms with Gasteiger partial charge >= 0.3 is 0 Å². The molecule has 0 fully saturated rings. The number of carbonyl (C=O) groups is 1. The summed E-state index contributed by atoms with van der Waals surface area (Å²) in [6, 6.07) is 0. The third-order valence-electron chi connectivity index (χ3n) is 4.72. The Morgan fingerprint density at radius 3 is 1.38 bits per heavy atom. The summed E-state index contributed by atoms with van der Waals surface area (Å²) in [5, 5.41) is 0. The van der Waals surface area contributed by atoms with Gasteiger partial charge in [0.1, 0.15) is 5.78 Å². The number of rotatable bonds is 16. The Morgan fingerprint density at radius 2 is 1.00 bits per heavy atom. The molecule has 0 N–H and O–H groups in total. The maximum absolute atomic E-state index is 11.9. The molecule has 1 heteroatoms. The minimum atomic E-state index is 0.331. The van der Waals surface area contributed by atoms with Crippen molar-refractivity contribution in [3.8, 4) is 0 Å². The highest BCUT2D eigenvalue weighted by atomic mass is 16.1. The Morgan fingerprint density at radius 1 is 0.619 bits per heavy atom. The van der Waals surface area contributed by atoms with Crippen LogP contribution in [0.25, 0.3) is 0 Å². The van der Waals surface area contributed by atoms with Crippen molar-refractivity contribution in [1.82, 2.24) is 0 Å². The Bertz CT molecular complexity index is 218. The molecule has 0 saturated carbocycles. The first kappa shape index (κ1) is 20.7. The quantitative estimate of drug-likeness (QED) is 0.278. The molecule has 0 aromatic heterocycles. The molecular formula is C20H40O. The number of unbranched alkanes of at least 4 members (excludes halogenated alkanes) is 11. The van der Waals surface area contributed by atoms with Gasteiger partial charge in [0.25, 0.3) is 0 Å². The summed E-state index contributed by atoms with van der Waals surface area (Å²) < 4.78 is 0. The lowest BCUT2D eigenvalue weighted by Crippen LogP contribution is -2.12. The van der Waals surface area contributed by atoms with Gasteiger partial charge in [-0.2, -0.15) is 0 Å². The molecule has 0 unspecified atom stereocenters. The van der Waals surface area contributed by atoms with Crippen LogP contribution in [-0.4, -0.2) is 5.78 Å². The number of carbonyl (C=O) groups excluding carboxylic acids is 1. The Hall–Kier alpha value is -0.330. The fourth-order valence-electron chi connectivity index (χ4n) is 3.09. The molecule has 0 spiro atoms. The molecule has 0 aromatic rings. The van der Waals surface area contributed by atoms with Crippen LogP contribution in [0.5, 0.6) is 0 Å². The maximum atomic E-state index is 11.9. The lowest BCUT2D eigenvalue weighted by atomic mass is 9.94. The fourth-order valence-corrected chi connectivity index (χ4v) is 3.09. The standard InChI is InChI=1S/C20H40O/c1-4-7-8-9-10-11-12-13-14-15-16-17-18-20(21)19(5-2)6-3/h19H,4-18H2,1-3H3. The highest BCUT2D eigenvalue weighted by Gasteiger charge is 2.12. The van der Waals surface area contributed by atoms with E-state index < -0.39 is 0 Å². The van der Waals surface area contributed by atoms with Crippen LogP contribution < -0.4 is 0 Å². The van der Waals surface area contributed by atoms with Gasteiger partial charge in [-0.1, -0.05) is 91.4 Å². The van der Waals surface area contributed by atoms with Gasteiger partial charge in [-0.3, -0.25) is 4.79 Å². The zero-order valence-corrected chi connectivity index (χ0v) is 15.1. The van der Waals surface area contributed by atoms with Crippen molar-refractivity contribution in [2.24, 2.45) is 5.92 Å². The van der Waals surface area contributed by atoms with Crippen LogP contribution in [0.15, 0.2) is 0 Å². The van der Waals surface area contributed by atoms with Gasteiger partial charge in [-0.05, 0) is 19.3 Å². The molecule has 126 valence electrons. The van der Waals surface area contributed by atoms with Gasteiger partial charge in [0.15, 0.2) is 0 Å². The van der Waals surface area contributed by atoms with Crippen LogP contribution in [0.4, 0.5) is 0 Å². The first-order valence-corrected chi connectivity index (χ1v) is 9.78. The molecule has 0 heterocycles. The van der Waals surface area contributed by atoms with Crippen LogP contribution >= 0.6 is 0 Å². The van der Waals surface area contributed by atoms with E-state index in [0.29, 0.717) is 11.7 Å². The van der Waals surface area contributed by atoms with Crippen LogP contribution in [-0.2, 0) is 4.79 Å². The van der Waals surface area contributed by atoms with Crippen LogP contribution in [0.2, 0.25) is 0 Å². The first-order valence-electron chi connectivity index (χ1n) is 9.78. The van der Waals surface area contributed by atoms with Crippen molar-refractivity contribution < 1.29 is 4.79 Å². The molecule has 21 heavy (non-hydrogen) atoms. The van der Waals surface area contributed by atoms with E-state index in [-0.39, 0.29) is 0 Å². The van der Waals surface area contributed by atoms with Crippen molar-refractivity contribution in [3.63, 3.8) is 0 Å². The van der Waals surface area contributed by atoms with Crippen molar-refractivity contribution in [2.75, 3.05) is 0 Å². The lowest BCUT2D eigenvalue weighted by molar-refractivity contribution is -0.123. The average Bonchev–Trinajstić information content (AvgIpc) is 2.49. The Balaban J connectivity index is 3.20. The van der Waals surface area contributed by atoms with E-state index in [1.165, 1.54) is 70.6 Å². The second-order valence-electron chi connectivity index (χ2n) is 6.62. The molecule has 0 rings (SSSR count). The van der Waals surface area contributed by atoms with Crippen LogP contribution in [0.1, 0.15) is 117 Å². The van der Waals surface area contributed by atoms with Gasteiger partial charge in [0.05, 0.1) is 0 Å². The summed E-state index contributed by atoms with van der Waals surface area (Å²) in [7, 11) is 0. The Labute approximate surface area is 134 Å². The summed E-state index contributed by atoms with van der Waals surface area (Å²) in [5.74, 6) is 0.838. The minimum Gasteiger partial charge on any atom is -0.299 e. The number of hydrogen-bond donors (Lipinski definition) is 0. The van der Waals surface area contributed by atoms with E-state index in [1.54, 1.807) is 0 Å². The van der Waals surface area contributed by atoms with Crippen LogP contribution in [0.3, 0.4) is 0 Å². The topological polar surface area (TPSA) is 17.1 Å². The summed E-state index contributed by atoms with van der Waals surface area (Å²) in [5.41, 5.74) is 0. The molecule has 0 saturated heterocycles. The third kappa shape index (κ3) is 13.1. The van der Waals surface area contributed by atoms with Gasteiger partial charge in [0, 0.05) is 12.3 Å². The maximum Gasteiger partial charge on any atom is 0.135 e. The molecule has 0 amide bonds. The number of Topliss-reactive ketones (excluding diaryl/α,β-unsaturated/α-hetero) is 1. The van der Waals surface area contributed by atoms with E-state index in [2.05, 4.69) is 20.8 Å². The van der Waals surface area contributed by atoms with E-state index in [0.717, 1.165) is 25.7 Å². The molecule has 0 aromatic carbocycles. The van der Waals surface area contributed by atoms with E-state index in [4.69, 9.17) is 0 Å². The molecule has 0 aliphatic carbocycles. The zero-order valence-electron chi connectivity index (χ0n) is 15.1. The highest BCUT2D eigenvalue weighted by molar-refractivity contribution is 5.80. The largest absolute Gasteiger partial charge is 0.299 e. The molecule has 0 aliphatic heterocycles. The average molecular weight is 297 g/mol. The Kier molecular flexibility index (Phi) is 15.8.